The summed E-state index contributed by atoms with van der Waals surface area (Å²) in [6.07, 6.45) is -3.46. The van der Waals surface area contributed by atoms with E-state index in [0.717, 1.165) is 12.1 Å². The summed E-state index contributed by atoms with van der Waals surface area (Å²) in [6, 6.07) is 2.53. The van der Waals surface area contributed by atoms with Crippen molar-refractivity contribution in [1.82, 2.24) is 4.90 Å². The largest absolute Gasteiger partial charge is 0.481 e. The number of carbonyl (C=O) groups is 2. The molecular formula is C15H17F3N2O3. The summed E-state index contributed by atoms with van der Waals surface area (Å²) in [4.78, 5) is 24.5. The first kappa shape index (κ1) is 17.1. The Morgan fingerprint density at radius 2 is 2.04 bits per heavy atom. The fourth-order valence-electron chi connectivity index (χ4n) is 2.49. The smallest absolute Gasteiger partial charge is 0.416 e. The minimum atomic E-state index is -4.49. The number of hydrogen-bond acceptors (Lipinski definition) is 2. The fraction of sp³-hybridized carbons (Fsp3) is 0.467. The van der Waals surface area contributed by atoms with Crippen LogP contribution in [0.2, 0.25) is 0 Å². The van der Waals surface area contributed by atoms with Gasteiger partial charge in [-0.3, -0.25) is 4.79 Å². The Morgan fingerprint density at radius 3 is 2.65 bits per heavy atom. The van der Waals surface area contributed by atoms with E-state index in [9.17, 15) is 22.8 Å². The first-order valence-corrected chi connectivity index (χ1v) is 7.15. The van der Waals surface area contributed by atoms with Gasteiger partial charge in [0.2, 0.25) is 0 Å². The summed E-state index contributed by atoms with van der Waals surface area (Å²) in [6.45, 7) is 2.03. The van der Waals surface area contributed by atoms with E-state index in [-0.39, 0.29) is 12.2 Å². The highest BCUT2D eigenvalue weighted by molar-refractivity contribution is 5.90. The van der Waals surface area contributed by atoms with Crippen LogP contribution in [-0.2, 0) is 11.0 Å². The van der Waals surface area contributed by atoms with Crippen molar-refractivity contribution in [3.63, 3.8) is 0 Å². The lowest BCUT2D eigenvalue weighted by Gasteiger charge is -2.31. The number of piperidine rings is 1. The number of aryl methyl sites for hydroxylation is 1. The molecule has 0 aromatic heterocycles. The van der Waals surface area contributed by atoms with Crippen LogP contribution in [0.25, 0.3) is 0 Å². The van der Waals surface area contributed by atoms with Crippen LogP contribution in [0.5, 0.6) is 0 Å². The third kappa shape index (κ3) is 4.14. The molecule has 1 aromatic rings. The SMILES string of the molecule is Cc1ccc(C(F)(F)F)cc1NC(=O)N1CCCC(C(=O)O)C1. The van der Waals surface area contributed by atoms with Crippen molar-refractivity contribution in [3.8, 4) is 0 Å². The maximum Gasteiger partial charge on any atom is 0.416 e. The molecule has 1 aromatic carbocycles. The molecule has 1 saturated heterocycles. The number of nitrogens with one attached hydrogen (secondary N) is 1. The molecule has 0 aliphatic carbocycles. The Bertz CT molecular complexity index is 616. The maximum absolute atomic E-state index is 12.7. The van der Waals surface area contributed by atoms with Gasteiger partial charge in [0.1, 0.15) is 0 Å². The Hall–Kier alpha value is -2.25. The number of benzene rings is 1. The number of carboxylic acids is 1. The molecule has 0 saturated carbocycles. The van der Waals surface area contributed by atoms with Gasteiger partial charge in [0, 0.05) is 18.8 Å². The Kier molecular flexibility index (Phi) is 4.82. The fourth-order valence-corrected chi connectivity index (χ4v) is 2.49. The normalized spacial score (nSPS) is 18.6. The van der Waals surface area contributed by atoms with Gasteiger partial charge in [-0.15, -0.1) is 0 Å². The van der Waals surface area contributed by atoms with Gasteiger partial charge in [0.25, 0.3) is 0 Å². The molecule has 2 amide bonds. The predicted octanol–water partition coefficient (Wildman–Crippen LogP) is 3.34. The standard InChI is InChI=1S/C15H17F3N2O3/c1-9-4-5-11(15(16,17)18)7-12(9)19-14(23)20-6-2-3-10(8-20)13(21)22/h4-5,7,10H,2-3,6,8H2,1H3,(H,19,23)(H,21,22). The molecule has 2 N–H and O–H groups in total. The summed E-state index contributed by atoms with van der Waals surface area (Å²) >= 11 is 0. The number of rotatable bonds is 2. The van der Waals surface area contributed by atoms with Crippen LogP contribution in [0.3, 0.4) is 0 Å². The van der Waals surface area contributed by atoms with Crippen molar-refractivity contribution in [2.75, 3.05) is 18.4 Å². The highest BCUT2D eigenvalue weighted by Crippen LogP contribution is 2.32. The average molecular weight is 330 g/mol. The molecule has 0 radical (unpaired) electrons. The number of carbonyl (C=O) groups excluding carboxylic acids is 1. The van der Waals surface area contributed by atoms with Crippen molar-refractivity contribution < 1.29 is 27.9 Å². The topological polar surface area (TPSA) is 69.6 Å². The van der Waals surface area contributed by atoms with Gasteiger partial charge in [-0.2, -0.15) is 13.2 Å². The van der Waals surface area contributed by atoms with Crippen molar-refractivity contribution >= 4 is 17.7 Å². The monoisotopic (exact) mass is 330 g/mol. The molecular weight excluding hydrogens is 313 g/mol. The molecule has 1 aliphatic heterocycles. The first-order chi connectivity index (χ1) is 10.7. The van der Waals surface area contributed by atoms with E-state index in [1.165, 1.54) is 11.0 Å². The van der Waals surface area contributed by atoms with Gasteiger partial charge in [-0.25, -0.2) is 4.79 Å². The lowest BCUT2D eigenvalue weighted by molar-refractivity contribution is -0.143. The molecule has 0 bridgehead atoms. The number of aliphatic carboxylic acids is 1. The second-order valence-electron chi connectivity index (χ2n) is 5.58. The van der Waals surface area contributed by atoms with Gasteiger partial charge in [-0.1, -0.05) is 6.07 Å². The van der Waals surface area contributed by atoms with Gasteiger partial charge in [0.05, 0.1) is 11.5 Å². The Labute approximate surface area is 131 Å². The highest BCUT2D eigenvalue weighted by atomic mass is 19.4. The molecule has 1 heterocycles. The lowest BCUT2D eigenvalue weighted by Crippen LogP contribution is -2.44. The number of hydrogen-bond donors (Lipinski definition) is 2. The van der Waals surface area contributed by atoms with Crippen LogP contribution >= 0.6 is 0 Å². The third-order valence-electron chi connectivity index (χ3n) is 3.86. The zero-order valence-corrected chi connectivity index (χ0v) is 12.5. The van der Waals surface area contributed by atoms with Crippen molar-refractivity contribution in [3.05, 3.63) is 29.3 Å². The Balaban J connectivity index is 2.12. The van der Waals surface area contributed by atoms with E-state index in [4.69, 9.17) is 5.11 Å². The van der Waals surface area contributed by atoms with Gasteiger partial charge in [-0.05, 0) is 37.5 Å². The highest BCUT2D eigenvalue weighted by Gasteiger charge is 2.32. The molecule has 5 nitrogen and oxygen atoms in total. The minimum Gasteiger partial charge on any atom is -0.481 e. The molecule has 1 unspecified atom stereocenters. The zero-order chi connectivity index (χ0) is 17.2. The van der Waals surface area contributed by atoms with Crippen molar-refractivity contribution in [1.29, 1.82) is 0 Å². The van der Waals surface area contributed by atoms with Crippen LogP contribution in [-0.4, -0.2) is 35.1 Å². The van der Waals surface area contributed by atoms with Crippen molar-refractivity contribution in [2.45, 2.75) is 25.9 Å². The van der Waals surface area contributed by atoms with Gasteiger partial charge >= 0.3 is 18.2 Å². The number of halogens is 3. The van der Waals surface area contributed by atoms with Gasteiger partial charge in [0.15, 0.2) is 0 Å². The van der Waals surface area contributed by atoms with E-state index < -0.39 is 29.7 Å². The van der Waals surface area contributed by atoms with Crippen LogP contribution in [0.1, 0.15) is 24.0 Å². The quantitative estimate of drug-likeness (QED) is 0.874. The second kappa shape index (κ2) is 6.47. The molecule has 1 fully saturated rings. The van der Waals surface area contributed by atoms with Gasteiger partial charge < -0.3 is 15.3 Å². The molecule has 0 spiro atoms. The summed E-state index contributed by atoms with van der Waals surface area (Å²) < 4.78 is 38.2. The first-order valence-electron chi connectivity index (χ1n) is 7.15. The summed E-state index contributed by atoms with van der Waals surface area (Å²) in [5, 5.41) is 11.5. The van der Waals surface area contributed by atoms with E-state index in [1.807, 2.05) is 0 Å². The maximum atomic E-state index is 12.7. The van der Waals surface area contributed by atoms with E-state index in [0.29, 0.717) is 24.9 Å². The summed E-state index contributed by atoms with van der Waals surface area (Å²) in [5.74, 6) is -1.62. The summed E-state index contributed by atoms with van der Waals surface area (Å²) in [5.41, 5.74) is -0.277. The second-order valence-corrected chi connectivity index (χ2v) is 5.58. The number of alkyl halides is 3. The van der Waals surface area contributed by atoms with E-state index in [2.05, 4.69) is 5.32 Å². The molecule has 1 aliphatic rings. The number of amides is 2. The zero-order valence-electron chi connectivity index (χ0n) is 12.5. The third-order valence-corrected chi connectivity index (χ3v) is 3.86. The van der Waals surface area contributed by atoms with Crippen LogP contribution < -0.4 is 5.32 Å². The van der Waals surface area contributed by atoms with Crippen LogP contribution in [0.4, 0.5) is 23.7 Å². The molecule has 8 heteroatoms. The molecule has 2 rings (SSSR count). The Morgan fingerprint density at radius 1 is 1.35 bits per heavy atom. The molecule has 23 heavy (non-hydrogen) atoms. The average Bonchev–Trinajstić information content (AvgIpc) is 2.48. The number of urea groups is 1. The minimum absolute atomic E-state index is 0.0547. The van der Waals surface area contributed by atoms with E-state index in [1.54, 1.807) is 6.92 Å². The number of nitrogens with zero attached hydrogens (tertiary/aromatic N) is 1. The van der Waals surface area contributed by atoms with Crippen LogP contribution in [0, 0.1) is 12.8 Å². The predicted molar refractivity (Wildman–Crippen MR) is 77.1 cm³/mol. The molecule has 126 valence electrons. The van der Waals surface area contributed by atoms with Crippen molar-refractivity contribution in [2.24, 2.45) is 5.92 Å². The summed E-state index contributed by atoms with van der Waals surface area (Å²) in [7, 11) is 0. The molecule has 1 atom stereocenters. The van der Waals surface area contributed by atoms with E-state index >= 15 is 0 Å². The number of likely N-dealkylation sites (tertiary alicyclic amines) is 1. The van der Waals surface area contributed by atoms with Crippen LogP contribution in [0.15, 0.2) is 18.2 Å². The number of carboxylic acid groups (broad SMARTS) is 1. The lowest BCUT2D eigenvalue weighted by atomic mass is 9.99. The number of anilines is 1.